The van der Waals surface area contributed by atoms with Crippen LogP contribution in [0.4, 0.5) is 0 Å². The molecule has 6 nitrogen and oxygen atoms in total. The van der Waals surface area contributed by atoms with Gasteiger partial charge in [0.25, 0.3) is 0 Å². The first kappa shape index (κ1) is 39.5. The SMILES string of the molecule is Cc1ccccc1-c1c2/c(=C(\C#N)c3ccccn3)n(B(c3ccccc3)c3ccccc3)c(C(C)C)c2/c(=C(\C#N)c2ccccn2)n1B(c1ccccc1)c1ccccc1. The van der Waals surface area contributed by atoms with E-state index in [2.05, 4.69) is 163 Å². The first-order valence-electron chi connectivity index (χ1n) is 21.0. The topological polar surface area (TPSA) is 83.2 Å². The van der Waals surface area contributed by atoms with Crippen molar-refractivity contribution in [1.29, 1.82) is 10.5 Å². The van der Waals surface area contributed by atoms with Crippen molar-refractivity contribution in [2.45, 2.75) is 26.7 Å². The predicted molar refractivity (Wildman–Crippen MR) is 255 cm³/mol. The van der Waals surface area contributed by atoms with Crippen LogP contribution in [0.1, 0.15) is 42.4 Å². The summed E-state index contributed by atoms with van der Waals surface area (Å²) in [5.74, 6) is -0.0975. The molecule has 294 valence electrons. The minimum absolute atomic E-state index is 0.0975. The molecule has 0 aliphatic carbocycles. The highest BCUT2D eigenvalue weighted by Gasteiger charge is 2.37. The molecule has 62 heavy (non-hydrogen) atoms. The van der Waals surface area contributed by atoms with Gasteiger partial charge in [-0.2, -0.15) is 10.5 Å². The fraction of sp³-hybridized carbons (Fsp3) is 0.0741. The molecule has 0 amide bonds. The zero-order chi connectivity index (χ0) is 42.6. The molecule has 9 aromatic rings. The van der Waals surface area contributed by atoms with Gasteiger partial charge in [-0.3, -0.25) is 9.97 Å². The summed E-state index contributed by atoms with van der Waals surface area (Å²) < 4.78 is 4.76. The Balaban J connectivity index is 1.69. The monoisotopic (exact) mass is 796 g/mol. The summed E-state index contributed by atoms with van der Waals surface area (Å²) in [6.45, 7) is 5.79. The van der Waals surface area contributed by atoms with Gasteiger partial charge in [-0.15, -0.1) is 0 Å². The molecule has 0 spiro atoms. The Morgan fingerprint density at radius 1 is 0.484 bits per heavy atom. The normalized spacial score (nSPS) is 12.1. The molecule has 0 aliphatic rings. The van der Waals surface area contributed by atoms with Crippen LogP contribution in [0.5, 0.6) is 0 Å². The smallest absolute Gasteiger partial charge is 0.328 e. The average Bonchev–Trinajstić information content (AvgIpc) is 3.82. The van der Waals surface area contributed by atoms with Crippen LogP contribution in [0.3, 0.4) is 0 Å². The molecule has 0 saturated carbocycles. The van der Waals surface area contributed by atoms with Gasteiger partial charge < -0.3 is 8.96 Å². The Bertz CT molecular complexity index is 3080. The first-order chi connectivity index (χ1) is 30.5. The van der Waals surface area contributed by atoms with E-state index in [9.17, 15) is 10.5 Å². The van der Waals surface area contributed by atoms with Crippen molar-refractivity contribution in [3.05, 3.63) is 228 Å². The summed E-state index contributed by atoms with van der Waals surface area (Å²) in [7, 11) is 0. The minimum atomic E-state index is -0.401. The van der Waals surface area contributed by atoms with Crippen LogP contribution in [-0.4, -0.2) is 32.6 Å². The number of benzene rings is 5. The summed E-state index contributed by atoms with van der Waals surface area (Å²) in [6, 6.07) is 67.3. The maximum absolute atomic E-state index is 11.7. The fourth-order valence-electron chi connectivity index (χ4n) is 9.12. The lowest BCUT2D eigenvalue weighted by Gasteiger charge is -2.25. The van der Waals surface area contributed by atoms with E-state index >= 15 is 0 Å². The molecule has 0 aliphatic heterocycles. The second-order valence-corrected chi connectivity index (χ2v) is 15.7. The van der Waals surface area contributed by atoms with Gasteiger partial charge in [0, 0.05) is 40.1 Å². The highest BCUT2D eigenvalue weighted by atomic mass is 15.0. The van der Waals surface area contributed by atoms with Crippen molar-refractivity contribution in [3.63, 3.8) is 0 Å². The number of pyridine rings is 2. The summed E-state index contributed by atoms with van der Waals surface area (Å²) in [6.07, 6.45) is 3.49. The number of fused-ring (bicyclic) bond motifs is 1. The maximum Gasteiger partial charge on any atom is 0.328 e. The maximum atomic E-state index is 11.7. The summed E-state index contributed by atoms with van der Waals surface area (Å²) in [5, 5.41) is 26.6. The summed E-state index contributed by atoms with van der Waals surface area (Å²) in [5.41, 5.74) is 10.1. The lowest BCUT2D eigenvalue weighted by atomic mass is 9.49. The van der Waals surface area contributed by atoms with Gasteiger partial charge in [-0.25, -0.2) is 0 Å². The third kappa shape index (κ3) is 7.02. The molecule has 4 heterocycles. The van der Waals surface area contributed by atoms with Gasteiger partial charge in [-0.05, 0) is 42.7 Å². The Hall–Kier alpha value is -7.93. The third-order valence-corrected chi connectivity index (χ3v) is 11.7. The van der Waals surface area contributed by atoms with Crippen molar-refractivity contribution in [2.24, 2.45) is 0 Å². The Labute approximate surface area is 363 Å². The summed E-state index contributed by atoms with van der Waals surface area (Å²) in [4.78, 5) is 9.73. The van der Waals surface area contributed by atoms with Crippen molar-refractivity contribution < 1.29 is 0 Å². The van der Waals surface area contributed by atoms with E-state index in [1.165, 1.54) is 0 Å². The van der Waals surface area contributed by atoms with Gasteiger partial charge in [0.05, 0.1) is 22.1 Å². The van der Waals surface area contributed by atoms with Gasteiger partial charge in [-0.1, -0.05) is 193 Å². The molecule has 8 heteroatoms. The molecular formula is C54H42B2N6. The number of aryl methyl sites for hydroxylation is 1. The Morgan fingerprint density at radius 2 is 0.871 bits per heavy atom. The minimum Gasteiger partial charge on any atom is -0.378 e. The predicted octanol–water partition coefficient (Wildman–Crippen LogP) is 7.08. The quantitative estimate of drug-likeness (QED) is 0.139. The molecule has 0 atom stereocenters. The van der Waals surface area contributed by atoms with E-state index in [4.69, 9.17) is 9.97 Å². The van der Waals surface area contributed by atoms with Crippen molar-refractivity contribution in [1.82, 2.24) is 18.9 Å². The molecule has 0 fully saturated rings. The second-order valence-electron chi connectivity index (χ2n) is 15.7. The van der Waals surface area contributed by atoms with Crippen LogP contribution in [0.2, 0.25) is 0 Å². The van der Waals surface area contributed by atoms with Crippen LogP contribution >= 0.6 is 0 Å². The molecule has 4 aromatic heterocycles. The van der Waals surface area contributed by atoms with Crippen molar-refractivity contribution in [3.8, 4) is 23.4 Å². The Kier molecular flexibility index (Phi) is 11.1. The van der Waals surface area contributed by atoms with Gasteiger partial charge in [0.1, 0.15) is 23.3 Å². The van der Waals surface area contributed by atoms with E-state index in [1.54, 1.807) is 12.4 Å². The molecule has 0 saturated heterocycles. The average molecular weight is 797 g/mol. The zero-order valence-electron chi connectivity index (χ0n) is 34.9. The van der Waals surface area contributed by atoms with Gasteiger partial charge in [0.2, 0.25) is 0 Å². The van der Waals surface area contributed by atoms with Crippen LogP contribution in [0.15, 0.2) is 194 Å². The molecular weight excluding hydrogens is 754 g/mol. The van der Waals surface area contributed by atoms with E-state index in [0.717, 1.165) is 65.8 Å². The molecule has 9 rings (SSSR count). The van der Waals surface area contributed by atoms with Crippen LogP contribution < -0.4 is 32.5 Å². The van der Waals surface area contributed by atoms with Crippen LogP contribution in [-0.2, 0) is 0 Å². The zero-order valence-corrected chi connectivity index (χ0v) is 34.9. The number of aromatic nitrogens is 4. The number of hydrogen-bond donors (Lipinski definition) is 0. The molecule has 0 N–H and O–H groups in total. The van der Waals surface area contributed by atoms with Crippen molar-refractivity contribution in [2.75, 3.05) is 0 Å². The lowest BCUT2D eigenvalue weighted by molar-refractivity contribution is 0.809. The number of hydrogen-bond acceptors (Lipinski definition) is 4. The number of nitriles is 2. The fourth-order valence-corrected chi connectivity index (χ4v) is 9.12. The largest absolute Gasteiger partial charge is 0.378 e. The molecule has 0 radical (unpaired) electrons. The second kappa shape index (κ2) is 17.3. The van der Waals surface area contributed by atoms with Crippen LogP contribution in [0.25, 0.3) is 33.2 Å². The van der Waals surface area contributed by atoms with E-state index < -0.39 is 6.85 Å². The Morgan fingerprint density at radius 3 is 1.26 bits per heavy atom. The standard InChI is InChI=1S/C54H42B2N6/c1-38(2)51-49-50(54(46(37-58)48-33-19-21-35-60-48)61(51)55(40-23-8-4-9-24-40)41-25-10-5-11-26-41)52(44-31-17-16-22-39(44)3)62(53(49)45(36-57)47-32-18-20-34-59-47)56(42-27-12-6-13-28-42)43-29-14-7-15-30-43/h4-35,38H,1-3H3/b53-45-,54-46-. The number of nitrogens with zero attached hydrogens (tertiary/aromatic N) is 6. The highest BCUT2D eigenvalue weighted by molar-refractivity contribution is 6.85. The molecule has 0 unspecified atom stereocenters. The van der Waals surface area contributed by atoms with E-state index in [-0.39, 0.29) is 12.8 Å². The highest BCUT2D eigenvalue weighted by Crippen LogP contribution is 2.35. The first-order valence-corrected chi connectivity index (χ1v) is 21.0. The van der Waals surface area contributed by atoms with E-state index in [1.807, 2.05) is 60.7 Å². The van der Waals surface area contributed by atoms with E-state index in [0.29, 0.717) is 22.5 Å². The van der Waals surface area contributed by atoms with Gasteiger partial charge >= 0.3 is 13.7 Å². The lowest BCUT2D eigenvalue weighted by Crippen LogP contribution is -2.54. The van der Waals surface area contributed by atoms with Gasteiger partial charge in [0.15, 0.2) is 0 Å². The molecule has 0 bridgehead atoms. The molecule has 5 aromatic carbocycles. The summed E-state index contributed by atoms with van der Waals surface area (Å²) >= 11 is 0. The third-order valence-electron chi connectivity index (χ3n) is 11.7. The van der Waals surface area contributed by atoms with Crippen molar-refractivity contribution >= 4 is 57.5 Å². The van der Waals surface area contributed by atoms with Crippen LogP contribution in [0, 0.1) is 29.6 Å². The number of rotatable bonds is 10.